The molecule has 0 aromatic carbocycles. The second-order valence-electron chi connectivity index (χ2n) is 4.40. The molecule has 1 heterocycles. The third-order valence-corrected chi connectivity index (χ3v) is 3.14. The Bertz CT molecular complexity index is 300. The molecule has 0 radical (unpaired) electrons. The Morgan fingerprint density at radius 3 is 2.24 bits per heavy atom. The Kier molecular flexibility index (Phi) is 5.32. The summed E-state index contributed by atoms with van der Waals surface area (Å²) < 4.78 is 4.90. The molecule has 0 unspecified atom stereocenters. The van der Waals surface area contributed by atoms with Gasteiger partial charge in [0, 0.05) is 31.9 Å². The molecule has 17 heavy (non-hydrogen) atoms. The normalized spacial score (nSPS) is 16.5. The van der Waals surface area contributed by atoms with Gasteiger partial charge < -0.3 is 14.5 Å². The minimum absolute atomic E-state index is 0.211. The first kappa shape index (κ1) is 13.9. The zero-order valence-electron chi connectivity index (χ0n) is 11.5. The van der Waals surface area contributed by atoms with Gasteiger partial charge in [0.15, 0.2) is 0 Å². The molecule has 1 aliphatic heterocycles. The zero-order chi connectivity index (χ0) is 12.8. The van der Waals surface area contributed by atoms with E-state index in [1.165, 1.54) is 7.11 Å². The number of esters is 1. The van der Waals surface area contributed by atoms with Crippen LogP contribution in [0.4, 0.5) is 0 Å². The number of carbonyl (C=O) groups excluding carboxylic acids is 1. The number of ether oxygens (including phenoxy) is 1. The molecule has 0 amide bonds. The van der Waals surface area contributed by atoms with Gasteiger partial charge in [0.05, 0.1) is 7.11 Å². The molecule has 0 saturated carbocycles. The van der Waals surface area contributed by atoms with E-state index in [0.717, 1.165) is 50.4 Å². The lowest BCUT2D eigenvalue weighted by molar-refractivity contribution is -0.138. The Hall–Kier alpha value is -1.19. The molecular formula is C13H24N2O2. The topological polar surface area (TPSA) is 32.8 Å². The third kappa shape index (κ3) is 3.14. The third-order valence-electron chi connectivity index (χ3n) is 3.14. The van der Waals surface area contributed by atoms with Gasteiger partial charge in [0.2, 0.25) is 0 Å². The summed E-state index contributed by atoms with van der Waals surface area (Å²) in [4.78, 5) is 16.3. The molecule has 0 saturated heterocycles. The van der Waals surface area contributed by atoms with Crippen LogP contribution >= 0.6 is 0 Å². The molecule has 4 heteroatoms. The van der Waals surface area contributed by atoms with E-state index in [1.54, 1.807) is 0 Å². The standard InChI is InChI=1S/C13H24N2O2/c1-5-7-14-9-10-15(8-6-2)12(11(14)3)13(16)17-4/h5-10H2,1-4H3. The highest BCUT2D eigenvalue weighted by atomic mass is 16.5. The second-order valence-corrected chi connectivity index (χ2v) is 4.40. The largest absolute Gasteiger partial charge is 0.464 e. The van der Waals surface area contributed by atoms with Crippen molar-refractivity contribution in [3.8, 4) is 0 Å². The molecule has 0 N–H and O–H groups in total. The first-order valence-corrected chi connectivity index (χ1v) is 6.44. The van der Waals surface area contributed by atoms with E-state index in [9.17, 15) is 4.79 Å². The minimum Gasteiger partial charge on any atom is -0.464 e. The quantitative estimate of drug-likeness (QED) is 0.686. The summed E-state index contributed by atoms with van der Waals surface area (Å²) in [6.45, 7) is 10.1. The molecule has 0 spiro atoms. The lowest BCUT2D eigenvalue weighted by atomic mass is 10.2. The summed E-state index contributed by atoms with van der Waals surface area (Å²) in [6, 6.07) is 0. The van der Waals surface area contributed by atoms with Crippen molar-refractivity contribution < 1.29 is 9.53 Å². The van der Waals surface area contributed by atoms with Crippen LogP contribution in [0.3, 0.4) is 0 Å². The Balaban J connectivity index is 2.96. The van der Waals surface area contributed by atoms with Gasteiger partial charge in [0.1, 0.15) is 5.70 Å². The second kappa shape index (κ2) is 6.52. The summed E-state index contributed by atoms with van der Waals surface area (Å²) in [5.41, 5.74) is 1.80. The van der Waals surface area contributed by atoms with E-state index in [0.29, 0.717) is 0 Å². The van der Waals surface area contributed by atoms with Gasteiger partial charge in [-0.1, -0.05) is 13.8 Å². The number of carbonyl (C=O) groups is 1. The summed E-state index contributed by atoms with van der Waals surface area (Å²) in [5, 5.41) is 0. The van der Waals surface area contributed by atoms with Gasteiger partial charge in [-0.05, 0) is 19.8 Å². The maximum Gasteiger partial charge on any atom is 0.356 e. The van der Waals surface area contributed by atoms with Crippen LogP contribution < -0.4 is 0 Å². The molecule has 0 aromatic heterocycles. The average molecular weight is 240 g/mol. The van der Waals surface area contributed by atoms with E-state index in [1.807, 2.05) is 6.92 Å². The van der Waals surface area contributed by atoms with Gasteiger partial charge in [-0.3, -0.25) is 0 Å². The molecule has 0 fully saturated rings. The van der Waals surface area contributed by atoms with Gasteiger partial charge in [-0.25, -0.2) is 4.79 Å². The number of rotatable bonds is 5. The fourth-order valence-corrected chi connectivity index (χ4v) is 2.32. The van der Waals surface area contributed by atoms with Crippen molar-refractivity contribution >= 4 is 5.97 Å². The molecule has 0 aliphatic carbocycles. The number of allylic oxidation sites excluding steroid dienone is 1. The van der Waals surface area contributed by atoms with Crippen LogP contribution in [0.2, 0.25) is 0 Å². The van der Waals surface area contributed by atoms with Crippen molar-refractivity contribution in [2.75, 3.05) is 33.3 Å². The van der Waals surface area contributed by atoms with Gasteiger partial charge in [-0.15, -0.1) is 0 Å². The van der Waals surface area contributed by atoms with Crippen LogP contribution in [0.1, 0.15) is 33.6 Å². The first-order chi connectivity index (χ1) is 8.15. The summed E-state index contributed by atoms with van der Waals surface area (Å²) in [6.07, 6.45) is 2.14. The molecule has 4 nitrogen and oxygen atoms in total. The SMILES string of the molecule is CCCN1CCN(CCC)C(C(=O)OC)=C1C. The molecule has 0 aromatic rings. The maximum atomic E-state index is 11.9. The molecule has 1 rings (SSSR count). The predicted octanol–water partition coefficient (Wildman–Crippen LogP) is 1.83. The Labute approximate surface area is 104 Å². The smallest absolute Gasteiger partial charge is 0.356 e. The maximum absolute atomic E-state index is 11.9. The predicted molar refractivity (Wildman–Crippen MR) is 68.4 cm³/mol. The van der Waals surface area contributed by atoms with Crippen LogP contribution in [0, 0.1) is 0 Å². The van der Waals surface area contributed by atoms with Crippen molar-refractivity contribution in [2.45, 2.75) is 33.6 Å². The molecule has 0 atom stereocenters. The van der Waals surface area contributed by atoms with Crippen molar-refractivity contribution in [1.82, 2.24) is 9.80 Å². The Morgan fingerprint density at radius 1 is 1.18 bits per heavy atom. The monoisotopic (exact) mass is 240 g/mol. The zero-order valence-corrected chi connectivity index (χ0v) is 11.5. The van der Waals surface area contributed by atoms with Crippen LogP contribution in [-0.2, 0) is 9.53 Å². The van der Waals surface area contributed by atoms with Crippen molar-refractivity contribution in [1.29, 1.82) is 0 Å². The molecule has 1 aliphatic rings. The van der Waals surface area contributed by atoms with Crippen LogP contribution in [0.15, 0.2) is 11.4 Å². The van der Waals surface area contributed by atoms with E-state index in [-0.39, 0.29) is 5.97 Å². The van der Waals surface area contributed by atoms with Crippen molar-refractivity contribution in [3.63, 3.8) is 0 Å². The van der Waals surface area contributed by atoms with Crippen LogP contribution in [0.5, 0.6) is 0 Å². The van der Waals surface area contributed by atoms with Crippen molar-refractivity contribution in [2.24, 2.45) is 0 Å². The number of hydrogen-bond acceptors (Lipinski definition) is 4. The minimum atomic E-state index is -0.211. The number of nitrogens with zero attached hydrogens (tertiary/aromatic N) is 2. The highest BCUT2D eigenvalue weighted by Crippen LogP contribution is 2.21. The van der Waals surface area contributed by atoms with E-state index < -0.39 is 0 Å². The number of hydrogen-bond donors (Lipinski definition) is 0. The number of methoxy groups -OCH3 is 1. The van der Waals surface area contributed by atoms with Crippen LogP contribution in [-0.4, -0.2) is 49.1 Å². The summed E-state index contributed by atoms with van der Waals surface area (Å²) >= 11 is 0. The van der Waals surface area contributed by atoms with Crippen molar-refractivity contribution in [3.05, 3.63) is 11.4 Å². The van der Waals surface area contributed by atoms with Crippen LogP contribution in [0.25, 0.3) is 0 Å². The fraction of sp³-hybridized carbons (Fsp3) is 0.769. The Morgan fingerprint density at radius 2 is 1.71 bits per heavy atom. The van der Waals surface area contributed by atoms with Gasteiger partial charge >= 0.3 is 5.97 Å². The van der Waals surface area contributed by atoms with Gasteiger partial charge in [-0.2, -0.15) is 0 Å². The first-order valence-electron chi connectivity index (χ1n) is 6.44. The van der Waals surface area contributed by atoms with E-state index in [4.69, 9.17) is 4.74 Å². The molecular weight excluding hydrogens is 216 g/mol. The highest BCUT2D eigenvalue weighted by Gasteiger charge is 2.27. The summed E-state index contributed by atoms with van der Waals surface area (Å²) in [7, 11) is 1.45. The molecule has 0 bridgehead atoms. The highest BCUT2D eigenvalue weighted by molar-refractivity contribution is 5.88. The van der Waals surface area contributed by atoms with Gasteiger partial charge in [0.25, 0.3) is 0 Å². The lowest BCUT2D eigenvalue weighted by Gasteiger charge is -2.38. The summed E-state index contributed by atoms with van der Waals surface area (Å²) in [5.74, 6) is -0.211. The van der Waals surface area contributed by atoms with E-state index >= 15 is 0 Å². The van der Waals surface area contributed by atoms with E-state index in [2.05, 4.69) is 23.6 Å². The molecule has 98 valence electrons. The lowest BCUT2D eigenvalue weighted by Crippen LogP contribution is -2.44. The fourth-order valence-electron chi connectivity index (χ4n) is 2.32. The average Bonchev–Trinajstić information content (AvgIpc) is 2.32.